The Kier molecular flexibility index (Phi) is 4.76. The highest BCUT2D eigenvalue weighted by molar-refractivity contribution is 5.41. The summed E-state index contributed by atoms with van der Waals surface area (Å²) in [6, 6.07) is 2.39. The second-order valence-corrected chi connectivity index (χ2v) is 7.44. The standard InChI is InChI=1S/C18H26N6O2/c1-12(2)18-21-17(26-22-18)10-23-6-4-13-5-7-24(9-14(13)23)15-8-16(25-3)20-11-19-15/h8,11-14H,4-7,9-10H2,1-3H3. The third kappa shape index (κ3) is 3.38. The zero-order valence-electron chi connectivity index (χ0n) is 15.6. The first-order chi connectivity index (χ1) is 12.6. The van der Waals surface area contributed by atoms with Crippen molar-refractivity contribution in [3.63, 3.8) is 0 Å². The van der Waals surface area contributed by atoms with Gasteiger partial charge in [-0.25, -0.2) is 9.97 Å². The largest absolute Gasteiger partial charge is 0.481 e. The second-order valence-electron chi connectivity index (χ2n) is 7.44. The Morgan fingerprint density at radius 1 is 1.27 bits per heavy atom. The van der Waals surface area contributed by atoms with Gasteiger partial charge in [0.2, 0.25) is 11.8 Å². The average molecular weight is 358 g/mol. The van der Waals surface area contributed by atoms with E-state index in [1.807, 2.05) is 6.07 Å². The van der Waals surface area contributed by atoms with Gasteiger partial charge in [0, 0.05) is 31.1 Å². The molecule has 8 nitrogen and oxygen atoms in total. The molecule has 2 unspecified atom stereocenters. The van der Waals surface area contributed by atoms with Crippen LogP contribution in [0.1, 0.15) is 44.3 Å². The normalized spacial score (nSPS) is 23.5. The molecule has 0 aromatic carbocycles. The number of likely N-dealkylation sites (tertiary alicyclic amines) is 1. The summed E-state index contributed by atoms with van der Waals surface area (Å²) in [6.45, 7) is 7.94. The number of hydrogen-bond donors (Lipinski definition) is 0. The Morgan fingerprint density at radius 2 is 2.12 bits per heavy atom. The van der Waals surface area contributed by atoms with Crippen molar-refractivity contribution in [1.29, 1.82) is 0 Å². The molecule has 2 saturated heterocycles. The molecule has 2 aliphatic rings. The van der Waals surface area contributed by atoms with E-state index >= 15 is 0 Å². The first kappa shape index (κ1) is 17.2. The van der Waals surface area contributed by atoms with E-state index in [4.69, 9.17) is 9.26 Å². The van der Waals surface area contributed by atoms with Crippen LogP contribution in [0.25, 0.3) is 0 Å². The van der Waals surface area contributed by atoms with E-state index in [-0.39, 0.29) is 5.92 Å². The number of anilines is 1. The average Bonchev–Trinajstić information content (AvgIpc) is 3.29. The van der Waals surface area contributed by atoms with Crippen molar-refractivity contribution < 1.29 is 9.26 Å². The van der Waals surface area contributed by atoms with E-state index in [1.54, 1.807) is 13.4 Å². The lowest BCUT2D eigenvalue weighted by atomic mass is 9.92. The number of methoxy groups -OCH3 is 1. The third-order valence-corrected chi connectivity index (χ3v) is 5.48. The molecule has 0 N–H and O–H groups in total. The Balaban J connectivity index is 1.46. The number of hydrogen-bond acceptors (Lipinski definition) is 8. The van der Waals surface area contributed by atoms with Crippen LogP contribution in [0.4, 0.5) is 5.82 Å². The van der Waals surface area contributed by atoms with Crippen LogP contribution in [0.3, 0.4) is 0 Å². The molecule has 2 aliphatic heterocycles. The number of ether oxygens (including phenoxy) is 1. The minimum absolute atomic E-state index is 0.289. The number of rotatable bonds is 5. The van der Waals surface area contributed by atoms with E-state index in [0.29, 0.717) is 11.9 Å². The van der Waals surface area contributed by atoms with Crippen LogP contribution < -0.4 is 9.64 Å². The first-order valence-electron chi connectivity index (χ1n) is 9.31. The van der Waals surface area contributed by atoms with E-state index < -0.39 is 0 Å². The molecule has 2 fully saturated rings. The van der Waals surface area contributed by atoms with Gasteiger partial charge in [-0.2, -0.15) is 4.98 Å². The summed E-state index contributed by atoms with van der Waals surface area (Å²) < 4.78 is 10.7. The summed E-state index contributed by atoms with van der Waals surface area (Å²) in [6.07, 6.45) is 3.98. The van der Waals surface area contributed by atoms with Crippen molar-refractivity contribution in [2.45, 2.75) is 45.2 Å². The molecular weight excluding hydrogens is 332 g/mol. The van der Waals surface area contributed by atoms with E-state index in [9.17, 15) is 0 Å². The lowest BCUT2D eigenvalue weighted by molar-refractivity contribution is 0.178. The van der Waals surface area contributed by atoms with Gasteiger partial charge < -0.3 is 14.2 Å². The van der Waals surface area contributed by atoms with Crippen LogP contribution >= 0.6 is 0 Å². The SMILES string of the molecule is COc1cc(N2CCC3CCN(Cc4nc(C(C)C)no4)C3C2)ncn1. The minimum atomic E-state index is 0.289. The van der Waals surface area contributed by atoms with E-state index in [1.165, 1.54) is 12.8 Å². The highest BCUT2D eigenvalue weighted by Gasteiger charge is 2.39. The molecule has 2 aromatic heterocycles. The monoisotopic (exact) mass is 358 g/mol. The van der Waals surface area contributed by atoms with Crippen molar-refractivity contribution in [3.8, 4) is 5.88 Å². The van der Waals surface area contributed by atoms with Gasteiger partial charge >= 0.3 is 0 Å². The highest BCUT2D eigenvalue weighted by Crippen LogP contribution is 2.34. The molecule has 2 aromatic rings. The molecule has 0 saturated carbocycles. The number of fused-ring (bicyclic) bond motifs is 1. The van der Waals surface area contributed by atoms with Crippen LogP contribution in [0, 0.1) is 5.92 Å². The molecule has 8 heteroatoms. The summed E-state index contributed by atoms with van der Waals surface area (Å²) in [5.41, 5.74) is 0. The van der Waals surface area contributed by atoms with Gasteiger partial charge in [0.25, 0.3) is 0 Å². The fraction of sp³-hybridized carbons (Fsp3) is 0.667. The Labute approximate surface area is 153 Å². The predicted octanol–water partition coefficient (Wildman–Crippen LogP) is 2.09. The molecular formula is C18H26N6O2. The molecule has 26 heavy (non-hydrogen) atoms. The molecule has 0 amide bonds. The molecule has 4 rings (SSSR count). The summed E-state index contributed by atoms with van der Waals surface area (Å²) in [7, 11) is 1.63. The predicted molar refractivity (Wildman–Crippen MR) is 96.1 cm³/mol. The van der Waals surface area contributed by atoms with Crippen molar-refractivity contribution in [3.05, 3.63) is 24.1 Å². The van der Waals surface area contributed by atoms with Gasteiger partial charge in [-0.1, -0.05) is 19.0 Å². The van der Waals surface area contributed by atoms with Gasteiger partial charge in [0.15, 0.2) is 5.82 Å². The summed E-state index contributed by atoms with van der Waals surface area (Å²) >= 11 is 0. The lowest BCUT2D eigenvalue weighted by Gasteiger charge is -2.38. The maximum Gasteiger partial charge on any atom is 0.240 e. The number of nitrogens with zero attached hydrogens (tertiary/aromatic N) is 6. The van der Waals surface area contributed by atoms with Crippen LogP contribution in [-0.2, 0) is 6.54 Å². The van der Waals surface area contributed by atoms with Crippen LogP contribution in [0.5, 0.6) is 5.88 Å². The molecule has 0 bridgehead atoms. The highest BCUT2D eigenvalue weighted by atomic mass is 16.5. The van der Waals surface area contributed by atoms with Crippen molar-refractivity contribution in [2.24, 2.45) is 5.92 Å². The van der Waals surface area contributed by atoms with Crippen molar-refractivity contribution >= 4 is 5.82 Å². The summed E-state index contributed by atoms with van der Waals surface area (Å²) in [4.78, 5) is 17.9. The quantitative estimate of drug-likeness (QED) is 0.804. The fourth-order valence-electron chi connectivity index (χ4n) is 3.99. The zero-order valence-corrected chi connectivity index (χ0v) is 15.6. The van der Waals surface area contributed by atoms with Gasteiger partial charge in [0.05, 0.1) is 13.7 Å². The molecule has 4 heterocycles. The zero-order chi connectivity index (χ0) is 18.1. The molecule has 0 radical (unpaired) electrons. The topological polar surface area (TPSA) is 80.4 Å². The van der Waals surface area contributed by atoms with E-state index in [2.05, 4.69) is 43.8 Å². The maximum atomic E-state index is 5.46. The maximum absolute atomic E-state index is 5.46. The van der Waals surface area contributed by atoms with Gasteiger partial charge in [-0.05, 0) is 25.3 Å². The second kappa shape index (κ2) is 7.19. The Hall–Kier alpha value is -2.22. The molecule has 140 valence electrons. The van der Waals surface area contributed by atoms with Crippen LogP contribution in [0.15, 0.2) is 16.9 Å². The summed E-state index contributed by atoms with van der Waals surface area (Å²) in [5.74, 6) is 4.05. The smallest absolute Gasteiger partial charge is 0.240 e. The number of piperidine rings is 1. The molecule has 0 aliphatic carbocycles. The fourth-order valence-corrected chi connectivity index (χ4v) is 3.99. The minimum Gasteiger partial charge on any atom is -0.481 e. The van der Waals surface area contributed by atoms with Crippen LogP contribution in [-0.4, -0.2) is 57.8 Å². The van der Waals surface area contributed by atoms with Crippen molar-refractivity contribution in [1.82, 2.24) is 25.0 Å². The Morgan fingerprint density at radius 3 is 2.88 bits per heavy atom. The van der Waals surface area contributed by atoms with Gasteiger partial charge in [-0.3, -0.25) is 4.90 Å². The Bertz CT molecular complexity index is 749. The van der Waals surface area contributed by atoms with Gasteiger partial charge in [0.1, 0.15) is 12.1 Å². The number of aromatic nitrogens is 4. The van der Waals surface area contributed by atoms with Crippen molar-refractivity contribution in [2.75, 3.05) is 31.6 Å². The summed E-state index contributed by atoms with van der Waals surface area (Å²) in [5, 5.41) is 4.09. The van der Waals surface area contributed by atoms with Crippen LogP contribution in [0.2, 0.25) is 0 Å². The van der Waals surface area contributed by atoms with Gasteiger partial charge in [-0.15, -0.1) is 0 Å². The molecule has 0 spiro atoms. The van der Waals surface area contributed by atoms with E-state index in [0.717, 1.165) is 49.6 Å². The third-order valence-electron chi connectivity index (χ3n) is 5.48. The molecule has 2 atom stereocenters. The first-order valence-corrected chi connectivity index (χ1v) is 9.31. The lowest BCUT2D eigenvalue weighted by Crippen LogP contribution is -2.48.